The monoisotopic (exact) mass is 219 g/mol. The Balaban J connectivity index is 2.04. The highest BCUT2D eigenvalue weighted by atomic mass is 16.5. The number of carbonyl (C=O) groups excluding carboxylic acids is 1. The van der Waals surface area contributed by atoms with E-state index in [4.69, 9.17) is 10.5 Å². The van der Waals surface area contributed by atoms with Gasteiger partial charge in [0, 0.05) is 12.8 Å². The molecule has 0 saturated carbocycles. The van der Waals surface area contributed by atoms with E-state index in [9.17, 15) is 4.79 Å². The van der Waals surface area contributed by atoms with Crippen molar-refractivity contribution in [1.82, 2.24) is 0 Å². The zero-order valence-electron chi connectivity index (χ0n) is 9.48. The molecule has 0 radical (unpaired) electrons. The molecule has 2 N–H and O–H groups in total. The summed E-state index contributed by atoms with van der Waals surface area (Å²) in [5.41, 5.74) is 8.36. The molecule has 0 spiro atoms. The molecular weight excluding hydrogens is 202 g/mol. The predicted molar refractivity (Wildman–Crippen MR) is 61.9 cm³/mol. The topological polar surface area (TPSA) is 52.3 Å². The quantitative estimate of drug-likeness (QED) is 0.790. The molecule has 3 nitrogen and oxygen atoms in total. The maximum Gasteiger partial charge on any atom is 0.306 e. The summed E-state index contributed by atoms with van der Waals surface area (Å²) in [6, 6.07) is 7.84. The van der Waals surface area contributed by atoms with Crippen molar-refractivity contribution in [2.24, 2.45) is 5.73 Å². The molecule has 0 heterocycles. The van der Waals surface area contributed by atoms with Crippen LogP contribution in [0.1, 0.15) is 36.9 Å². The largest absolute Gasteiger partial charge is 0.460 e. The zero-order valence-corrected chi connectivity index (χ0v) is 9.48. The van der Waals surface area contributed by atoms with Gasteiger partial charge in [-0.05, 0) is 17.5 Å². The lowest BCUT2D eigenvalue weighted by molar-refractivity contribution is -0.149. The van der Waals surface area contributed by atoms with E-state index in [0.29, 0.717) is 6.42 Å². The third-order valence-electron chi connectivity index (χ3n) is 2.97. The molecule has 3 heteroatoms. The summed E-state index contributed by atoms with van der Waals surface area (Å²) in [7, 11) is 0. The fourth-order valence-corrected chi connectivity index (χ4v) is 2.14. The minimum Gasteiger partial charge on any atom is -0.460 e. The maximum atomic E-state index is 11.4. The van der Waals surface area contributed by atoms with E-state index in [1.165, 1.54) is 5.56 Å². The highest BCUT2D eigenvalue weighted by Crippen LogP contribution is 2.31. The van der Waals surface area contributed by atoms with Gasteiger partial charge in [0.15, 0.2) is 0 Å². The van der Waals surface area contributed by atoms with Gasteiger partial charge in [0.05, 0.1) is 6.04 Å². The molecule has 0 aliphatic heterocycles. The number of hydrogen-bond acceptors (Lipinski definition) is 3. The maximum absolute atomic E-state index is 11.4. The first-order valence-corrected chi connectivity index (χ1v) is 5.75. The van der Waals surface area contributed by atoms with Crippen LogP contribution in [0.5, 0.6) is 0 Å². The summed E-state index contributed by atoms with van der Waals surface area (Å²) in [6.07, 6.45) is 1.84. The van der Waals surface area contributed by atoms with Crippen molar-refractivity contribution in [3.05, 3.63) is 35.4 Å². The van der Waals surface area contributed by atoms with E-state index in [1.807, 2.05) is 31.2 Å². The fourth-order valence-electron chi connectivity index (χ4n) is 2.14. The predicted octanol–water partition coefficient (Wildman–Crippen LogP) is 1.95. The average molecular weight is 219 g/mol. The Morgan fingerprint density at radius 2 is 2.25 bits per heavy atom. The van der Waals surface area contributed by atoms with Crippen LogP contribution in [0, 0.1) is 0 Å². The molecule has 1 aliphatic rings. The number of esters is 1. The minimum absolute atomic E-state index is 0.143. The third kappa shape index (κ3) is 2.09. The molecule has 1 aromatic rings. The zero-order chi connectivity index (χ0) is 11.5. The highest BCUT2D eigenvalue weighted by Gasteiger charge is 2.31. The lowest BCUT2D eigenvalue weighted by Crippen LogP contribution is -2.27. The Kier molecular flexibility index (Phi) is 3.25. The number of rotatable bonds is 3. The van der Waals surface area contributed by atoms with Gasteiger partial charge in [-0.3, -0.25) is 4.79 Å². The molecule has 0 aromatic heterocycles. The van der Waals surface area contributed by atoms with Gasteiger partial charge < -0.3 is 10.5 Å². The Morgan fingerprint density at radius 1 is 1.50 bits per heavy atom. The summed E-state index contributed by atoms with van der Waals surface area (Å²) in [5, 5.41) is 0. The first kappa shape index (κ1) is 11.1. The van der Waals surface area contributed by atoms with Crippen LogP contribution >= 0.6 is 0 Å². The van der Waals surface area contributed by atoms with Crippen LogP contribution < -0.4 is 5.73 Å². The van der Waals surface area contributed by atoms with Crippen molar-refractivity contribution in [1.29, 1.82) is 0 Å². The fraction of sp³-hybridized carbons (Fsp3) is 0.462. The van der Waals surface area contributed by atoms with Gasteiger partial charge in [-0.2, -0.15) is 0 Å². The van der Waals surface area contributed by atoms with E-state index in [-0.39, 0.29) is 18.1 Å². The molecule has 0 fully saturated rings. The van der Waals surface area contributed by atoms with Crippen LogP contribution in [0.15, 0.2) is 24.3 Å². The molecule has 1 aliphatic carbocycles. The number of carbonyl (C=O) groups is 1. The summed E-state index contributed by atoms with van der Waals surface area (Å²) in [4.78, 5) is 11.4. The second-order valence-corrected chi connectivity index (χ2v) is 4.21. The molecule has 86 valence electrons. The summed E-state index contributed by atoms with van der Waals surface area (Å²) < 4.78 is 5.38. The van der Waals surface area contributed by atoms with E-state index in [2.05, 4.69) is 0 Å². The molecule has 1 aromatic carbocycles. The van der Waals surface area contributed by atoms with Crippen LogP contribution in [0.25, 0.3) is 0 Å². The number of fused-ring (bicyclic) bond motifs is 1. The lowest BCUT2D eigenvalue weighted by atomic mass is 10.1. The van der Waals surface area contributed by atoms with Crippen LogP contribution in [0.3, 0.4) is 0 Å². The van der Waals surface area contributed by atoms with Crippen molar-refractivity contribution in [2.75, 3.05) is 0 Å². The molecule has 2 atom stereocenters. The number of benzene rings is 1. The van der Waals surface area contributed by atoms with Gasteiger partial charge in [0.2, 0.25) is 0 Å². The summed E-state index contributed by atoms with van der Waals surface area (Å²) >= 11 is 0. The van der Waals surface area contributed by atoms with Crippen molar-refractivity contribution >= 4 is 5.97 Å². The standard InChI is InChI=1S/C13H17NO2/c1-2-5-12(15)16-11-8-9-6-3-4-7-10(9)13(11)14/h3-4,6-7,11,13H,2,5,8,14H2,1H3/t11?,13-/m0/s1. The van der Waals surface area contributed by atoms with Gasteiger partial charge >= 0.3 is 5.97 Å². The van der Waals surface area contributed by atoms with Crippen LogP contribution in [0.4, 0.5) is 0 Å². The Hall–Kier alpha value is -1.35. The second-order valence-electron chi connectivity index (χ2n) is 4.21. The van der Waals surface area contributed by atoms with Crippen molar-refractivity contribution in [3.63, 3.8) is 0 Å². The Morgan fingerprint density at radius 3 is 2.94 bits per heavy atom. The molecular formula is C13H17NO2. The number of ether oxygens (including phenoxy) is 1. The smallest absolute Gasteiger partial charge is 0.306 e. The Bertz CT molecular complexity index is 389. The third-order valence-corrected chi connectivity index (χ3v) is 2.97. The second kappa shape index (κ2) is 4.66. The Labute approximate surface area is 95.6 Å². The van der Waals surface area contributed by atoms with Gasteiger partial charge in [0.1, 0.15) is 6.10 Å². The van der Waals surface area contributed by atoms with Crippen molar-refractivity contribution in [3.8, 4) is 0 Å². The summed E-state index contributed by atoms with van der Waals surface area (Å²) in [5.74, 6) is -0.143. The van der Waals surface area contributed by atoms with E-state index >= 15 is 0 Å². The SMILES string of the molecule is CCCC(=O)OC1Cc2ccccc2[C@@H]1N. The molecule has 16 heavy (non-hydrogen) atoms. The van der Waals surface area contributed by atoms with Gasteiger partial charge in [-0.1, -0.05) is 31.2 Å². The van der Waals surface area contributed by atoms with E-state index in [1.54, 1.807) is 0 Å². The van der Waals surface area contributed by atoms with Crippen molar-refractivity contribution < 1.29 is 9.53 Å². The molecule has 0 amide bonds. The van der Waals surface area contributed by atoms with E-state index in [0.717, 1.165) is 18.4 Å². The van der Waals surface area contributed by atoms with Gasteiger partial charge in [0.25, 0.3) is 0 Å². The van der Waals surface area contributed by atoms with Crippen LogP contribution in [-0.2, 0) is 16.0 Å². The van der Waals surface area contributed by atoms with Crippen LogP contribution in [-0.4, -0.2) is 12.1 Å². The summed E-state index contributed by atoms with van der Waals surface area (Å²) in [6.45, 7) is 1.96. The van der Waals surface area contributed by atoms with E-state index < -0.39 is 0 Å². The first-order valence-electron chi connectivity index (χ1n) is 5.75. The molecule has 0 saturated heterocycles. The first-order chi connectivity index (χ1) is 7.72. The molecule has 0 bridgehead atoms. The van der Waals surface area contributed by atoms with Crippen LogP contribution in [0.2, 0.25) is 0 Å². The van der Waals surface area contributed by atoms with Gasteiger partial charge in [-0.15, -0.1) is 0 Å². The number of hydrogen-bond donors (Lipinski definition) is 1. The average Bonchev–Trinajstić information content (AvgIpc) is 2.57. The molecule has 1 unspecified atom stereocenters. The van der Waals surface area contributed by atoms with Crippen molar-refractivity contribution in [2.45, 2.75) is 38.3 Å². The van der Waals surface area contributed by atoms with Gasteiger partial charge in [-0.25, -0.2) is 0 Å². The lowest BCUT2D eigenvalue weighted by Gasteiger charge is -2.16. The normalized spacial score (nSPS) is 22.9. The number of nitrogens with two attached hydrogens (primary N) is 1. The highest BCUT2D eigenvalue weighted by molar-refractivity contribution is 5.69. The molecule has 2 rings (SSSR count). The minimum atomic E-state index is -0.184.